The van der Waals surface area contributed by atoms with E-state index in [1.807, 2.05) is 6.92 Å². The van der Waals surface area contributed by atoms with Gasteiger partial charge >= 0.3 is 17.8 Å². The van der Waals surface area contributed by atoms with E-state index < -0.39 is 36.3 Å². The van der Waals surface area contributed by atoms with Crippen molar-refractivity contribution in [3.63, 3.8) is 0 Å². The van der Waals surface area contributed by atoms with Crippen LogP contribution in [0.4, 0.5) is 16.2 Å². The molecule has 9 nitrogen and oxygen atoms in total. The average molecular weight is 426 g/mol. The Morgan fingerprint density at radius 1 is 1.03 bits per heavy atom. The molecule has 3 atom stereocenters. The minimum absolute atomic E-state index is 0.0763. The Morgan fingerprint density at radius 2 is 1.74 bits per heavy atom. The third-order valence-electron chi connectivity index (χ3n) is 6.40. The van der Waals surface area contributed by atoms with Gasteiger partial charge in [-0.2, -0.15) is 0 Å². The molecule has 1 aromatic carbocycles. The summed E-state index contributed by atoms with van der Waals surface area (Å²) in [4.78, 5) is 66.8. The highest BCUT2D eigenvalue weighted by atomic mass is 16.2. The van der Waals surface area contributed by atoms with Crippen LogP contribution in [0.25, 0.3) is 0 Å². The van der Waals surface area contributed by atoms with E-state index in [-0.39, 0.29) is 24.3 Å². The first-order valence-corrected chi connectivity index (χ1v) is 10.7. The number of amides is 6. The quantitative estimate of drug-likeness (QED) is 0.589. The summed E-state index contributed by atoms with van der Waals surface area (Å²) in [6.45, 7) is 3.16. The van der Waals surface area contributed by atoms with Crippen LogP contribution >= 0.6 is 0 Å². The molecule has 1 saturated heterocycles. The van der Waals surface area contributed by atoms with Crippen LogP contribution in [0.3, 0.4) is 0 Å². The van der Waals surface area contributed by atoms with Crippen LogP contribution in [0.2, 0.25) is 0 Å². The number of para-hydroxylation sites is 2. The Hall–Kier alpha value is -3.23. The smallest absolute Gasteiger partial charge is 0.324 e. The molecule has 1 saturated carbocycles. The van der Waals surface area contributed by atoms with Gasteiger partial charge in [0.2, 0.25) is 11.8 Å². The molecule has 2 heterocycles. The number of nitrogens with zero attached hydrogens (tertiary/aromatic N) is 3. The molecule has 9 heteroatoms. The zero-order chi connectivity index (χ0) is 22.3. The van der Waals surface area contributed by atoms with E-state index in [1.165, 1.54) is 4.90 Å². The van der Waals surface area contributed by atoms with E-state index in [1.54, 1.807) is 31.2 Å². The largest absolute Gasteiger partial charge is 0.334 e. The Kier molecular flexibility index (Phi) is 5.51. The van der Waals surface area contributed by atoms with Gasteiger partial charge in [-0.1, -0.05) is 31.9 Å². The number of carbonyl (C=O) groups excluding carboxylic acids is 5. The average Bonchev–Trinajstić information content (AvgIpc) is 2.85. The predicted octanol–water partition coefficient (Wildman–Crippen LogP) is 2.12. The molecule has 3 aliphatic rings. The first-order valence-electron chi connectivity index (χ1n) is 10.7. The minimum Gasteiger partial charge on any atom is -0.324 e. The van der Waals surface area contributed by atoms with E-state index >= 15 is 0 Å². The number of fused-ring (bicyclic) bond motifs is 1. The molecule has 1 aromatic rings. The fraction of sp³-hybridized carbons (Fsp3) is 0.500. The summed E-state index contributed by atoms with van der Waals surface area (Å²) in [5.41, 5.74) is 0.979. The molecule has 31 heavy (non-hydrogen) atoms. The van der Waals surface area contributed by atoms with Gasteiger partial charge in [-0.25, -0.2) is 9.69 Å². The highest BCUT2D eigenvalue weighted by Crippen LogP contribution is 2.33. The van der Waals surface area contributed by atoms with Crippen LogP contribution in [0.15, 0.2) is 24.3 Å². The second kappa shape index (κ2) is 8.13. The summed E-state index contributed by atoms with van der Waals surface area (Å²) >= 11 is 0. The molecular formula is C22H26N4O5. The standard InChI is InChI=1S/C22H26N4O5/c1-13-7-3-5-9-16(13)26-21(30)20(29)24(22(26)31)12-19(28)25-14(2)11-18(27)23-15-8-4-6-10-17(15)25/h4,6,8,10,13-14,16H,3,5,7,9,11-12H2,1-2H3,(H,23,27)/t13-,14-,16+/m1/s1. The maximum absolute atomic E-state index is 13.2. The van der Waals surface area contributed by atoms with Crippen LogP contribution in [-0.4, -0.2) is 58.1 Å². The highest BCUT2D eigenvalue weighted by Gasteiger charge is 2.50. The zero-order valence-corrected chi connectivity index (χ0v) is 17.7. The van der Waals surface area contributed by atoms with Crippen molar-refractivity contribution in [1.82, 2.24) is 9.80 Å². The molecule has 4 rings (SSSR count). The number of urea groups is 1. The number of hydrogen-bond acceptors (Lipinski definition) is 5. The first kappa shape index (κ1) is 21.0. The zero-order valence-electron chi connectivity index (χ0n) is 17.7. The van der Waals surface area contributed by atoms with Crippen LogP contribution in [0.1, 0.15) is 46.0 Å². The second-order valence-corrected chi connectivity index (χ2v) is 8.56. The summed E-state index contributed by atoms with van der Waals surface area (Å²) in [6, 6.07) is 5.34. The molecule has 1 aliphatic carbocycles. The van der Waals surface area contributed by atoms with Crippen molar-refractivity contribution in [1.29, 1.82) is 0 Å². The second-order valence-electron chi connectivity index (χ2n) is 8.56. The van der Waals surface area contributed by atoms with Crippen molar-refractivity contribution >= 4 is 41.0 Å². The normalized spacial score (nSPS) is 26.6. The number of benzene rings is 1. The van der Waals surface area contributed by atoms with Crippen molar-refractivity contribution in [2.45, 2.75) is 58.0 Å². The molecular weight excluding hydrogens is 400 g/mol. The lowest BCUT2D eigenvalue weighted by atomic mass is 9.85. The monoisotopic (exact) mass is 426 g/mol. The van der Waals surface area contributed by atoms with Crippen LogP contribution in [0.5, 0.6) is 0 Å². The lowest BCUT2D eigenvalue weighted by Gasteiger charge is -2.34. The minimum atomic E-state index is -0.971. The molecule has 0 unspecified atom stereocenters. The molecule has 6 amide bonds. The number of hydrogen-bond donors (Lipinski definition) is 1. The summed E-state index contributed by atoms with van der Waals surface area (Å²) in [7, 11) is 0. The third-order valence-corrected chi connectivity index (χ3v) is 6.40. The Labute approximate surface area is 180 Å². The Balaban J connectivity index is 1.58. The van der Waals surface area contributed by atoms with Gasteiger partial charge in [0.25, 0.3) is 0 Å². The molecule has 164 valence electrons. The van der Waals surface area contributed by atoms with Gasteiger partial charge in [-0.15, -0.1) is 0 Å². The number of anilines is 2. The van der Waals surface area contributed by atoms with Gasteiger partial charge in [0.1, 0.15) is 6.54 Å². The summed E-state index contributed by atoms with van der Waals surface area (Å²) in [6.07, 6.45) is 3.55. The highest BCUT2D eigenvalue weighted by molar-refractivity contribution is 6.45. The van der Waals surface area contributed by atoms with Gasteiger partial charge in [-0.05, 0) is 37.8 Å². The van der Waals surface area contributed by atoms with Crippen LogP contribution in [-0.2, 0) is 19.2 Å². The molecule has 0 bridgehead atoms. The van der Waals surface area contributed by atoms with Gasteiger partial charge < -0.3 is 10.2 Å². The lowest BCUT2D eigenvalue weighted by Crippen LogP contribution is -2.48. The van der Waals surface area contributed by atoms with Gasteiger partial charge in [0.05, 0.1) is 11.4 Å². The first-order chi connectivity index (χ1) is 14.8. The van der Waals surface area contributed by atoms with Gasteiger partial charge in [-0.3, -0.25) is 24.1 Å². The molecule has 2 aliphatic heterocycles. The summed E-state index contributed by atoms with van der Waals surface area (Å²) in [5, 5.41) is 2.77. The molecule has 2 fully saturated rings. The number of imide groups is 2. The molecule has 0 spiro atoms. The van der Waals surface area contributed by atoms with Crippen molar-refractivity contribution in [3.8, 4) is 0 Å². The van der Waals surface area contributed by atoms with Crippen LogP contribution in [0, 0.1) is 5.92 Å². The topological polar surface area (TPSA) is 107 Å². The van der Waals surface area contributed by atoms with Gasteiger partial charge in [0, 0.05) is 18.5 Å². The van der Waals surface area contributed by atoms with E-state index in [0.717, 1.165) is 29.1 Å². The van der Waals surface area contributed by atoms with E-state index in [2.05, 4.69) is 5.32 Å². The Bertz CT molecular complexity index is 961. The number of rotatable bonds is 3. The maximum atomic E-state index is 13.2. The summed E-state index contributed by atoms with van der Waals surface area (Å²) < 4.78 is 0. The SMILES string of the molecule is C[C@@H]1CCCC[C@@H]1N1C(=O)C(=O)N(CC(=O)N2c3ccccc3NC(=O)C[C@H]2C)C1=O. The third kappa shape index (κ3) is 3.68. The maximum Gasteiger partial charge on any atom is 0.334 e. The molecule has 1 N–H and O–H groups in total. The fourth-order valence-corrected chi connectivity index (χ4v) is 4.81. The van der Waals surface area contributed by atoms with Crippen molar-refractivity contribution in [2.75, 3.05) is 16.8 Å². The lowest BCUT2D eigenvalue weighted by molar-refractivity contribution is -0.145. The summed E-state index contributed by atoms with van der Waals surface area (Å²) in [5.74, 6) is -2.47. The van der Waals surface area contributed by atoms with E-state index in [9.17, 15) is 24.0 Å². The number of carbonyl (C=O) groups is 5. The van der Waals surface area contributed by atoms with E-state index in [4.69, 9.17) is 0 Å². The molecule has 0 aromatic heterocycles. The van der Waals surface area contributed by atoms with Crippen LogP contribution < -0.4 is 10.2 Å². The number of nitrogens with one attached hydrogen (secondary N) is 1. The molecule has 0 radical (unpaired) electrons. The van der Waals surface area contributed by atoms with Gasteiger partial charge in [0.15, 0.2) is 0 Å². The predicted molar refractivity (Wildman–Crippen MR) is 112 cm³/mol. The fourth-order valence-electron chi connectivity index (χ4n) is 4.81. The van der Waals surface area contributed by atoms with Crippen molar-refractivity contribution < 1.29 is 24.0 Å². The van der Waals surface area contributed by atoms with E-state index in [0.29, 0.717) is 17.8 Å². The van der Waals surface area contributed by atoms with Crippen molar-refractivity contribution in [3.05, 3.63) is 24.3 Å². The van der Waals surface area contributed by atoms with Crippen molar-refractivity contribution in [2.24, 2.45) is 5.92 Å². The Morgan fingerprint density at radius 3 is 2.48 bits per heavy atom.